The van der Waals surface area contributed by atoms with Gasteiger partial charge in [-0.1, -0.05) is 32.4 Å². The zero-order chi connectivity index (χ0) is 22.1. The van der Waals surface area contributed by atoms with Crippen LogP contribution in [0.3, 0.4) is 0 Å². The van der Waals surface area contributed by atoms with Crippen LogP contribution in [-0.2, 0) is 12.8 Å². The lowest BCUT2D eigenvalue weighted by atomic mass is 9.72. The summed E-state index contributed by atoms with van der Waals surface area (Å²) >= 11 is 12.9. The van der Waals surface area contributed by atoms with E-state index in [1.807, 2.05) is 0 Å². The molecule has 158 valence electrons. The van der Waals surface area contributed by atoms with Gasteiger partial charge < -0.3 is 10.1 Å². The Balaban J connectivity index is 1.77. The zero-order valence-electron chi connectivity index (χ0n) is 17.4. The van der Waals surface area contributed by atoms with Crippen molar-refractivity contribution in [2.75, 3.05) is 12.4 Å². The fraction of sp³-hybridized carbons (Fsp3) is 0.409. The van der Waals surface area contributed by atoms with Crippen LogP contribution in [0.2, 0.25) is 5.02 Å². The van der Waals surface area contributed by atoms with Crippen molar-refractivity contribution in [3.05, 3.63) is 44.8 Å². The summed E-state index contributed by atoms with van der Waals surface area (Å²) in [4.78, 5) is 13.9. The largest absolute Gasteiger partial charge is 0.496 e. The Morgan fingerprint density at radius 2 is 2.13 bits per heavy atom. The van der Waals surface area contributed by atoms with Crippen molar-refractivity contribution in [3.8, 4) is 11.8 Å². The average Bonchev–Trinajstić information content (AvgIpc) is 3.02. The van der Waals surface area contributed by atoms with Crippen molar-refractivity contribution in [3.63, 3.8) is 0 Å². The molecule has 0 fully saturated rings. The number of hydrogen-bond acceptors (Lipinski definition) is 5. The number of halogens is 1. The van der Waals surface area contributed by atoms with Gasteiger partial charge in [0.2, 0.25) is 0 Å². The van der Waals surface area contributed by atoms with Gasteiger partial charge in [-0.2, -0.15) is 5.26 Å². The number of thiocarbonyl (C=S) groups is 1. The van der Waals surface area contributed by atoms with Gasteiger partial charge in [0.25, 0.3) is 5.91 Å². The van der Waals surface area contributed by atoms with E-state index in [9.17, 15) is 10.1 Å². The highest BCUT2D eigenvalue weighted by atomic mass is 35.5. The van der Waals surface area contributed by atoms with E-state index in [2.05, 4.69) is 37.5 Å². The number of anilines is 1. The smallest absolute Gasteiger partial charge is 0.261 e. The van der Waals surface area contributed by atoms with E-state index >= 15 is 0 Å². The minimum atomic E-state index is -0.431. The third kappa shape index (κ3) is 4.77. The summed E-state index contributed by atoms with van der Waals surface area (Å²) in [5.41, 5.74) is 2.24. The van der Waals surface area contributed by atoms with E-state index in [0.29, 0.717) is 27.3 Å². The lowest BCUT2D eigenvalue weighted by Gasteiger charge is -2.33. The number of nitriles is 1. The van der Waals surface area contributed by atoms with Crippen molar-refractivity contribution in [1.82, 2.24) is 5.32 Å². The predicted octanol–water partition coefficient (Wildman–Crippen LogP) is 5.56. The van der Waals surface area contributed by atoms with Gasteiger partial charge in [0.05, 0.1) is 18.2 Å². The summed E-state index contributed by atoms with van der Waals surface area (Å²) in [6, 6.07) is 7.11. The topological polar surface area (TPSA) is 74.2 Å². The molecule has 0 bridgehead atoms. The quantitative estimate of drug-likeness (QED) is 0.585. The Morgan fingerprint density at radius 3 is 2.77 bits per heavy atom. The molecular formula is C22H24ClN3O2S2. The number of nitrogens with one attached hydrogen (secondary N) is 2. The van der Waals surface area contributed by atoms with Gasteiger partial charge in [-0.15, -0.1) is 11.3 Å². The molecule has 30 heavy (non-hydrogen) atoms. The molecule has 5 nitrogen and oxygen atoms in total. The van der Waals surface area contributed by atoms with E-state index in [0.717, 1.165) is 24.8 Å². The Hall–Kier alpha value is -2.14. The maximum atomic E-state index is 12.6. The number of rotatable bonds is 3. The van der Waals surface area contributed by atoms with Crippen LogP contribution in [0.5, 0.6) is 5.75 Å². The predicted molar refractivity (Wildman–Crippen MR) is 126 cm³/mol. The second-order valence-electron chi connectivity index (χ2n) is 8.38. The molecule has 1 aromatic heterocycles. The van der Waals surface area contributed by atoms with Crippen molar-refractivity contribution >= 4 is 51.2 Å². The van der Waals surface area contributed by atoms with Crippen molar-refractivity contribution < 1.29 is 9.53 Å². The summed E-state index contributed by atoms with van der Waals surface area (Å²) in [7, 11) is 1.48. The molecule has 0 saturated carbocycles. The Bertz CT molecular complexity index is 1030. The molecule has 8 heteroatoms. The van der Waals surface area contributed by atoms with Crippen molar-refractivity contribution in [2.24, 2.45) is 11.3 Å². The van der Waals surface area contributed by atoms with Gasteiger partial charge in [-0.3, -0.25) is 10.1 Å². The van der Waals surface area contributed by atoms with Crippen molar-refractivity contribution in [2.45, 2.75) is 40.0 Å². The number of benzene rings is 1. The molecule has 0 saturated heterocycles. The highest BCUT2D eigenvalue weighted by Crippen LogP contribution is 2.44. The van der Waals surface area contributed by atoms with Crippen molar-refractivity contribution in [1.29, 1.82) is 5.26 Å². The summed E-state index contributed by atoms with van der Waals surface area (Å²) < 4.78 is 5.23. The minimum Gasteiger partial charge on any atom is -0.496 e. The van der Waals surface area contributed by atoms with E-state index in [4.69, 9.17) is 28.6 Å². The molecule has 1 amide bonds. The highest BCUT2D eigenvalue weighted by molar-refractivity contribution is 7.80. The standard InChI is InChI=1S/C22H24ClN3O2S2/c1-22(2,3)12-5-7-14-16(11-24)20(30-18(14)9-12)26-21(29)25-19(27)15-10-13(23)6-8-17(15)28-4/h6,8,10,12H,5,7,9H2,1-4H3,(H2,25,26,27,29)/t12-/m1/s1. The van der Waals surface area contributed by atoms with Crippen LogP contribution in [0.1, 0.15) is 53.6 Å². The second kappa shape index (κ2) is 8.93. The lowest BCUT2D eigenvalue weighted by molar-refractivity contribution is 0.0975. The molecule has 2 aromatic rings. The second-order valence-corrected chi connectivity index (χ2v) is 10.3. The first kappa shape index (κ1) is 22.5. The monoisotopic (exact) mass is 461 g/mol. The fourth-order valence-electron chi connectivity index (χ4n) is 3.69. The maximum absolute atomic E-state index is 12.6. The van der Waals surface area contributed by atoms with E-state index in [1.165, 1.54) is 18.1 Å². The maximum Gasteiger partial charge on any atom is 0.261 e. The van der Waals surface area contributed by atoms with Crippen LogP contribution in [0.4, 0.5) is 5.00 Å². The fourth-order valence-corrected chi connectivity index (χ4v) is 5.41. The van der Waals surface area contributed by atoms with Gasteiger partial charge in [-0.25, -0.2) is 0 Å². The Labute approximate surface area is 191 Å². The molecule has 0 unspecified atom stereocenters. The van der Waals surface area contributed by atoms with E-state index < -0.39 is 5.91 Å². The number of thiophene rings is 1. The van der Waals surface area contributed by atoms with Gasteiger partial charge in [0.15, 0.2) is 5.11 Å². The molecule has 2 N–H and O–H groups in total. The first-order chi connectivity index (χ1) is 14.1. The van der Waals surface area contributed by atoms with Gasteiger partial charge in [-0.05, 0) is 66.6 Å². The first-order valence-corrected chi connectivity index (χ1v) is 11.2. The Kier molecular flexibility index (Phi) is 6.71. The van der Waals surface area contributed by atoms with Crippen LogP contribution < -0.4 is 15.4 Å². The number of carbonyl (C=O) groups excluding carboxylic acids is 1. The number of fused-ring (bicyclic) bond motifs is 1. The average molecular weight is 462 g/mol. The molecule has 1 aliphatic carbocycles. The molecule has 1 aromatic carbocycles. The number of ether oxygens (including phenoxy) is 1. The third-order valence-corrected chi connectivity index (χ3v) is 7.07. The summed E-state index contributed by atoms with van der Waals surface area (Å²) in [5.74, 6) is 0.543. The van der Waals surface area contributed by atoms with Crippen LogP contribution in [-0.4, -0.2) is 18.1 Å². The lowest BCUT2D eigenvalue weighted by Crippen LogP contribution is -2.34. The SMILES string of the molecule is COc1ccc(Cl)cc1C(=O)NC(=S)Nc1sc2c(c1C#N)CC[C@@H](C(C)(C)C)C2. The summed E-state index contributed by atoms with van der Waals surface area (Å²) in [5, 5.41) is 16.6. The zero-order valence-corrected chi connectivity index (χ0v) is 19.8. The summed E-state index contributed by atoms with van der Waals surface area (Å²) in [6.07, 6.45) is 2.91. The van der Waals surface area contributed by atoms with Crippen LogP contribution in [0.15, 0.2) is 18.2 Å². The van der Waals surface area contributed by atoms with Gasteiger partial charge in [0, 0.05) is 9.90 Å². The number of methoxy groups -OCH3 is 1. The summed E-state index contributed by atoms with van der Waals surface area (Å²) in [6.45, 7) is 6.78. The molecule has 0 aliphatic heterocycles. The third-order valence-electron chi connectivity index (χ3n) is 5.46. The minimum absolute atomic E-state index is 0.129. The van der Waals surface area contributed by atoms with Gasteiger partial charge in [0.1, 0.15) is 16.8 Å². The molecule has 1 heterocycles. The first-order valence-electron chi connectivity index (χ1n) is 9.64. The van der Waals surface area contributed by atoms with E-state index in [1.54, 1.807) is 23.5 Å². The van der Waals surface area contributed by atoms with Crippen LogP contribution in [0, 0.1) is 22.7 Å². The molecule has 0 spiro atoms. The molecule has 1 aliphatic rings. The normalized spacial score (nSPS) is 15.7. The highest BCUT2D eigenvalue weighted by Gasteiger charge is 2.32. The van der Waals surface area contributed by atoms with Crippen LogP contribution in [0.25, 0.3) is 0 Å². The van der Waals surface area contributed by atoms with Gasteiger partial charge >= 0.3 is 0 Å². The number of nitrogens with zero attached hydrogens (tertiary/aromatic N) is 1. The molecule has 3 rings (SSSR count). The molecule has 0 radical (unpaired) electrons. The number of carbonyl (C=O) groups is 1. The number of hydrogen-bond donors (Lipinski definition) is 2. The molecule has 1 atom stereocenters. The van der Waals surface area contributed by atoms with E-state index in [-0.39, 0.29) is 16.1 Å². The Morgan fingerprint density at radius 1 is 1.40 bits per heavy atom. The van der Waals surface area contributed by atoms with Crippen LogP contribution >= 0.6 is 35.2 Å². The number of amides is 1. The molecular weight excluding hydrogens is 438 g/mol.